The molecule has 0 bridgehead atoms. The summed E-state index contributed by atoms with van der Waals surface area (Å²) in [5, 5.41) is 0. The molecule has 0 saturated carbocycles. The molecule has 0 aromatic heterocycles. The normalized spacial score (nSPS) is 12.7. The lowest BCUT2D eigenvalue weighted by Gasteiger charge is -2.16. The van der Waals surface area contributed by atoms with Gasteiger partial charge in [-0.1, -0.05) is 50.3 Å². The summed E-state index contributed by atoms with van der Waals surface area (Å²) >= 11 is 0. The fourth-order valence-electron chi connectivity index (χ4n) is 1.42. The van der Waals surface area contributed by atoms with Crippen LogP contribution in [0.3, 0.4) is 0 Å². The molecule has 1 aromatic rings. The Bertz CT molecular complexity index is 277. The van der Waals surface area contributed by atoms with Crippen LogP contribution in [-0.4, -0.2) is 6.61 Å². The highest BCUT2D eigenvalue weighted by Crippen LogP contribution is 2.13. The quantitative estimate of drug-likeness (QED) is 0.642. The maximum atomic E-state index is 5.66. The second-order valence-electron chi connectivity index (χ2n) is 4.14. The van der Waals surface area contributed by atoms with Crippen molar-refractivity contribution >= 4 is 0 Å². The summed E-state index contributed by atoms with van der Waals surface area (Å²) in [6.45, 7) is 9.67. The van der Waals surface area contributed by atoms with Gasteiger partial charge in [-0.05, 0) is 11.5 Å². The topological polar surface area (TPSA) is 9.23 Å². The first-order chi connectivity index (χ1) is 7.24. The highest BCUT2D eigenvalue weighted by Gasteiger charge is 2.08. The first-order valence-electron chi connectivity index (χ1n) is 5.48. The molecule has 82 valence electrons. The van der Waals surface area contributed by atoms with Gasteiger partial charge in [-0.2, -0.15) is 0 Å². The minimum atomic E-state index is 0.453. The second-order valence-corrected chi connectivity index (χ2v) is 4.14. The van der Waals surface area contributed by atoms with Crippen molar-refractivity contribution < 1.29 is 4.74 Å². The van der Waals surface area contributed by atoms with Gasteiger partial charge in [-0.3, -0.25) is 0 Å². The Balaban J connectivity index is 2.30. The minimum Gasteiger partial charge on any atom is -0.376 e. The molecule has 0 saturated heterocycles. The van der Waals surface area contributed by atoms with E-state index in [4.69, 9.17) is 4.74 Å². The maximum absolute atomic E-state index is 5.66. The third kappa shape index (κ3) is 4.30. The molecule has 0 radical (unpaired) electrons. The molecule has 1 nitrogen and oxygen atoms in total. The third-order valence-electron chi connectivity index (χ3n) is 2.58. The largest absolute Gasteiger partial charge is 0.376 e. The van der Waals surface area contributed by atoms with Crippen molar-refractivity contribution in [3.05, 3.63) is 48.6 Å². The van der Waals surface area contributed by atoms with Crippen LogP contribution >= 0.6 is 0 Å². The highest BCUT2D eigenvalue weighted by atomic mass is 16.5. The van der Waals surface area contributed by atoms with Gasteiger partial charge in [-0.25, -0.2) is 0 Å². The molecule has 0 heterocycles. The molecule has 0 amide bonds. The third-order valence-corrected chi connectivity index (χ3v) is 2.58. The Morgan fingerprint density at radius 3 is 2.47 bits per heavy atom. The van der Waals surface area contributed by atoms with Gasteiger partial charge in [0.15, 0.2) is 0 Å². The number of benzene rings is 1. The molecule has 0 aliphatic rings. The molecular weight excluding hydrogens is 184 g/mol. The summed E-state index contributed by atoms with van der Waals surface area (Å²) < 4.78 is 5.66. The second kappa shape index (κ2) is 6.41. The molecule has 0 fully saturated rings. The predicted octanol–water partition coefficient (Wildman–Crippen LogP) is 3.66. The van der Waals surface area contributed by atoms with Crippen molar-refractivity contribution in [2.45, 2.75) is 20.5 Å². The van der Waals surface area contributed by atoms with Gasteiger partial charge in [0.2, 0.25) is 0 Å². The Kier molecular flexibility index (Phi) is 5.13. The van der Waals surface area contributed by atoms with Gasteiger partial charge in [0.05, 0.1) is 13.2 Å². The average molecular weight is 204 g/mol. The molecule has 0 spiro atoms. The number of hydrogen-bond acceptors (Lipinski definition) is 1. The smallest absolute Gasteiger partial charge is 0.0717 e. The number of ether oxygens (including phenoxy) is 1. The molecule has 0 aliphatic heterocycles. The van der Waals surface area contributed by atoms with Crippen LogP contribution in [0.1, 0.15) is 19.4 Å². The molecule has 0 aliphatic carbocycles. The molecule has 15 heavy (non-hydrogen) atoms. The summed E-state index contributed by atoms with van der Waals surface area (Å²) in [4.78, 5) is 0. The first kappa shape index (κ1) is 12.0. The van der Waals surface area contributed by atoms with E-state index in [-0.39, 0.29) is 0 Å². The van der Waals surface area contributed by atoms with Crippen molar-refractivity contribution in [1.82, 2.24) is 0 Å². The summed E-state index contributed by atoms with van der Waals surface area (Å²) in [7, 11) is 0. The molecule has 1 aromatic carbocycles. The molecule has 1 atom stereocenters. The Labute approximate surface area is 92.8 Å². The highest BCUT2D eigenvalue weighted by molar-refractivity contribution is 5.13. The van der Waals surface area contributed by atoms with Gasteiger partial charge in [-0.15, -0.1) is 6.58 Å². The van der Waals surface area contributed by atoms with Gasteiger partial charge < -0.3 is 4.74 Å². The van der Waals surface area contributed by atoms with Crippen molar-refractivity contribution in [3.8, 4) is 0 Å². The van der Waals surface area contributed by atoms with E-state index in [0.717, 1.165) is 6.61 Å². The monoisotopic (exact) mass is 204 g/mol. The molecular formula is C14H20O. The van der Waals surface area contributed by atoms with Crippen LogP contribution in [0.15, 0.2) is 43.0 Å². The zero-order valence-corrected chi connectivity index (χ0v) is 9.65. The first-order valence-corrected chi connectivity index (χ1v) is 5.48. The van der Waals surface area contributed by atoms with Crippen molar-refractivity contribution in [3.63, 3.8) is 0 Å². The van der Waals surface area contributed by atoms with Crippen LogP contribution in [-0.2, 0) is 11.3 Å². The van der Waals surface area contributed by atoms with E-state index in [1.54, 1.807) is 0 Å². The van der Waals surface area contributed by atoms with Crippen molar-refractivity contribution in [2.24, 2.45) is 11.8 Å². The van der Waals surface area contributed by atoms with Crippen LogP contribution in [0, 0.1) is 11.8 Å². The van der Waals surface area contributed by atoms with Gasteiger partial charge >= 0.3 is 0 Å². The van der Waals surface area contributed by atoms with Crippen LogP contribution < -0.4 is 0 Å². The Morgan fingerprint density at radius 2 is 1.93 bits per heavy atom. The van der Waals surface area contributed by atoms with Gasteiger partial charge in [0, 0.05) is 5.92 Å². The van der Waals surface area contributed by atoms with E-state index >= 15 is 0 Å². The Hall–Kier alpha value is -1.08. The van der Waals surface area contributed by atoms with Crippen molar-refractivity contribution in [1.29, 1.82) is 0 Å². The Morgan fingerprint density at radius 1 is 1.27 bits per heavy atom. The molecule has 1 rings (SSSR count). The maximum Gasteiger partial charge on any atom is 0.0717 e. The van der Waals surface area contributed by atoms with Gasteiger partial charge in [0.1, 0.15) is 0 Å². The summed E-state index contributed by atoms with van der Waals surface area (Å²) in [5.41, 5.74) is 1.23. The van der Waals surface area contributed by atoms with Crippen molar-refractivity contribution in [2.75, 3.05) is 6.61 Å². The zero-order chi connectivity index (χ0) is 11.1. The summed E-state index contributed by atoms with van der Waals surface area (Å²) in [6.07, 6.45) is 1.98. The van der Waals surface area contributed by atoms with Crippen LogP contribution in [0.25, 0.3) is 0 Å². The van der Waals surface area contributed by atoms with E-state index < -0.39 is 0 Å². The number of rotatable bonds is 6. The minimum absolute atomic E-state index is 0.453. The summed E-state index contributed by atoms with van der Waals surface area (Å²) in [6, 6.07) is 10.2. The van der Waals surface area contributed by atoms with Crippen LogP contribution in [0.4, 0.5) is 0 Å². The van der Waals surface area contributed by atoms with E-state index in [0.29, 0.717) is 18.4 Å². The van der Waals surface area contributed by atoms with E-state index in [9.17, 15) is 0 Å². The number of hydrogen-bond donors (Lipinski definition) is 0. The van der Waals surface area contributed by atoms with E-state index in [2.05, 4.69) is 32.6 Å². The predicted molar refractivity (Wildman–Crippen MR) is 64.6 cm³/mol. The lowest BCUT2D eigenvalue weighted by molar-refractivity contribution is 0.0872. The zero-order valence-electron chi connectivity index (χ0n) is 9.65. The molecule has 1 unspecified atom stereocenters. The standard InChI is InChI=1S/C14H20O/c1-4-14(12(2)3)11-15-10-13-8-6-5-7-9-13/h4-9,12,14H,1,10-11H2,2-3H3. The van der Waals surface area contributed by atoms with E-state index in [1.807, 2.05) is 24.3 Å². The van der Waals surface area contributed by atoms with E-state index in [1.165, 1.54) is 5.56 Å². The fraction of sp³-hybridized carbons (Fsp3) is 0.429. The molecule has 0 N–H and O–H groups in total. The van der Waals surface area contributed by atoms with Crippen LogP contribution in [0.2, 0.25) is 0 Å². The fourth-order valence-corrected chi connectivity index (χ4v) is 1.42. The average Bonchev–Trinajstić information content (AvgIpc) is 2.25. The van der Waals surface area contributed by atoms with Crippen LogP contribution in [0.5, 0.6) is 0 Å². The molecule has 1 heteroatoms. The lowest BCUT2D eigenvalue weighted by Crippen LogP contribution is -2.13. The summed E-state index contributed by atoms with van der Waals surface area (Å²) in [5.74, 6) is 1.05. The van der Waals surface area contributed by atoms with Gasteiger partial charge in [0.25, 0.3) is 0 Å². The lowest BCUT2D eigenvalue weighted by atomic mass is 9.97. The SMILES string of the molecule is C=CC(COCc1ccccc1)C(C)C.